The maximum Gasteiger partial charge on any atom is 0.306 e. The van der Waals surface area contributed by atoms with Crippen LogP contribution in [0.4, 0.5) is 0 Å². The second-order valence-corrected chi connectivity index (χ2v) is 4.24. The molecule has 4 heteroatoms. The summed E-state index contributed by atoms with van der Waals surface area (Å²) in [5.74, 6) is -1.05. The first-order valence-corrected chi connectivity index (χ1v) is 5.45. The van der Waals surface area contributed by atoms with Crippen LogP contribution in [-0.2, 0) is 24.2 Å². The molecule has 82 valence electrons. The summed E-state index contributed by atoms with van der Waals surface area (Å²) >= 11 is 0. The van der Waals surface area contributed by atoms with E-state index in [4.69, 9.17) is 5.11 Å². The Bertz CT molecular complexity index is 371. The van der Waals surface area contributed by atoms with E-state index in [1.807, 2.05) is 10.9 Å². The Kier molecular flexibility index (Phi) is 2.75. The van der Waals surface area contributed by atoms with Crippen molar-refractivity contribution in [2.75, 3.05) is 0 Å². The van der Waals surface area contributed by atoms with Crippen LogP contribution in [0, 0.1) is 5.92 Å². The molecule has 0 aromatic carbocycles. The minimum atomic E-state index is -0.731. The SMILES string of the molecule is CC(Cc1cnn2c1CCCC2)C(=O)O. The lowest BCUT2D eigenvalue weighted by Gasteiger charge is -2.15. The standard InChI is InChI=1S/C11H16N2O2/c1-8(11(14)15)6-9-7-12-13-5-3-2-4-10(9)13/h7-8H,2-6H2,1H3,(H,14,15). The zero-order valence-electron chi connectivity index (χ0n) is 8.94. The Labute approximate surface area is 88.9 Å². The zero-order valence-corrected chi connectivity index (χ0v) is 8.94. The lowest BCUT2D eigenvalue weighted by molar-refractivity contribution is -0.141. The van der Waals surface area contributed by atoms with Gasteiger partial charge in [0.2, 0.25) is 0 Å². The molecule has 0 saturated heterocycles. The fourth-order valence-electron chi connectivity index (χ4n) is 2.07. The van der Waals surface area contributed by atoms with E-state index in [-0.39, 0.29) is 5.92 Å². The maximum absolute atomic E-state index is 10.8. The van der Waals surface area contributed by atoms with Crippen molar-refractivity contribution in [3.05, 3.63) is 17.5 Å². The highest BCUT2D eigenvalue weighted by atomic mass is 16.4. The van der Waals surface area contributed by atoms with Gasteiger partial charge >= 0.3 is 5.97 Å². The number of aliphatic carboxylic acids is 1. The largest absolute Gasteiger partial charge is 0.481 e. The molecular formula is C11H16N2O2. The molecule has 1 aliphatic rings. The summed E-state index contributed by atoms with van der Waals surface area (Å²) in [4.78, 5) is 10.8. The molecule has 0 spiro atoms. The van der Waals surface area contributed by atoms with Crippen molar-refractivity contribution in [2.24, 2.45) is 5.92 Å². The van der Waals surface area contributed by atoms with Crippen molar-refractivity contribution in [3.8, 4) is 0 Å². The van der Waals surface area contributed by atoms with Crippen LogP contribution in [-0.4, -0.2) is 20.9 Å². The van der Waals surface area contributed by atoms with Crippen LogP contribution in [0.3, 0.4) is 0 Å². The molecule has 1 aromatic rings. The van der Waals surface area contributed by atoms with Gasteiger partial charge < -0.3 is 5.11 Å². The van der Waals surface area contributed by atoms with E-state index < -0.39 is 5.97 Å². The van der Waals surface area contributed by atoms with E-state index in [0.717, 1.165) is 18.5 Å². The molecule has 15 heavy (non-hydrogen) atoms. The third-order valence-corrected chi connectivity index (χ3v) is 3.02. The molecule has 1 atom stereocenters. The highest BCUT2D eigenvalue weighted by Gasteiger charge is 2.19. The van der Waals surface area contributed by atoms with Crippen molar-refractivity contribution < 1.29 is 9.90 Å². The van der Waals surface area contributed by atoms with Crippen LogP contribution in [0.1, 0.15) is 31.0 Å². The molecule has 1 aromatic heterocycles. The molecule has 2 rings (SSSR count). The second-order valence-electron chi connectivity index (χ2n) is 4.24. The van der Waals surface area contributed by atoms with Crippen molar-refractivity contribution in [2.45, 2.75) is 39.2 Å². The number of rotatable bonds is 3. The summed E-state index contributed by atoms with van der Waals surface area (Å²) in [5, 5.41) is 13.2. The number of nitrogens with zero attached hydrogens (tertiary/aromatic N) is 2. The van der Waals surface area contributed by atoms with Gasteiger partial charge in [0.25, 0.3) is 0 Å². The van der Waals surface area contributed by atoms with Crippen LogP contribution in [0.2, 0.25) is 0 Å². The van der Waals surface area contributed by atoms with E-state index in [0.29, 0.717) is 6.42 Å². The smallest absolute Gasteiger partial charge is 0.306 e. The lowest BCUT2D eigenvalue weighted by atomic mass is 9.98. The second kappa shape index (κ2) is 4.04. The minimum Gasteiger partial charge on any atom is -0.481 e. The number of aromatic nitrogens is 2. The predicted molar refractivity (Wildman–Crippen MR) is 55.7 cm³/mol. The Morgan fingerprint density at radius 2 is 2.47 bits per heavy atom. The van der Waals surface area contributed by atoms with Crippen LogP contribution < -0.4 is 0 Å². The first-order valence-electron chi connectivity index (χ1n) is 5.45. The fourth-order valence-corrected chi connectivity index (χ4v) is 2.07. The Morgan fingerprint density at radius 1 is 1.67 bits per heavy atom. The fraction of sp³-hybridized carbons (Fsp3) is 0.636. The van der Waals surface area contributed by atoms with E-state index >= 15 is 0 Å². The molecule has 1 aliphatic heterocycles. The maximum atomic E-state index is 10.8. The molecule has 0 saturated carbocycles. The molecule has 0 radical (unpaired) electrons. The number of carboxylic acid groups (broad SMARTS) is 1. The highest BCUT2D eigenvalue weighted by molar-refractivity contribution is 5.69. The molecule has 1 unspecified atom stereocenters. The number of aryl methyl sites for hydroxylation is 1. The first-order chi connectivity index (χ1) is 7.18. The van der Waals surface area contributed by atoms with Crippen molar-refractivity contribution in [3.63, 3.8) is 0 Å². The minimum absolute atomic E-state index is 0.319. The van der Waals surface area contributed by atoms with E-state index in [1.54, 1.807) is 6.92 Å². The molecule has 4 nitrogen and oxygen atoms in total. The van der Waals surface area contributed by atoms with Crippen LogP contribution in [0.15, 0.2) is 6.20 Å². The Balaban J connectivity index is 2.15. The van der Waals surface area contributed by atoms with Gasteiger partial charge in [0.15, 0.2) is 0 Å². The summed E-state index contributed by atoms with van der Waals surface area (Å²) in [6, 6.07) is 0. The van der Waals surface area contributed by atoms with Gasteiger partial charge in [0, 0.05) is 12.2 Å². The highest BCUT2D eigenvalue weighted by Crippen LogP contribution is 2.20. The summed E-state index contributed by atoms with van der Waals surface area (Å²) < 4.78 is 2.02. The third-order valence-electron chi connectivity index (χ3n) is 3.02. The summed E-state index contributed by atoms with van der Waals surface area (Å²) in [6.07, 6.45) is 5.86. The molecule has 0 aliphatic carbocycles. The Hall–Kier alpha value is -1.32. The molecule has 0 amide bonds. The van der Waals surface area contributed by atoms with Gasteiger partial charge in [0.1, 0.15) is 0 Å². The van der Waals surface area contributed by atoms with E-state index in [1.165, 1.54) is 18.5 Å². The van der Waals surface area contributed by atoms with Crippen LogP contribution in [0.25, 0.3) is 0 Å². The molecule has 0 fully saturated rings. The van der Waals surface area contributed by atoms with Gasteiger partial charge in [-0.05, 0) is 31.2 Å². The number of hydrogen-bond donors (Lipinski definition) is 1. The first kappa shape index (κ1) is 10.2. The van der Waals surface area contributed by atoms with Gasteiger partial charge in [-0.2, -0.15) is 5.10 Å². The monoisotopic (exact) mass is 208 g/mol. The van der Waals surface area contributed by atoms with Gasteiger partial charge in [0.05, 0.1) is 12.1 Å². The zero-order chi connectivity index (χ0) is 10.8. The molecule has 1 N–H and O–H groups in total. The van der Waals surface area contributed by atoms with Crippen molar-refractivity contribution in [1.82, 2.24) is 9.78 Å². The van der Waals surface area contributed by atoms with Crippen LogP contribution >= 0.6 is 0 Å². The average molecular weight is 208 g/mol. The topological polar surface area (TPSA) is 55.1 Å². The summed E-state index contributed by atoms with van der Waals surface area (Å²) in [5.41, 5.74) is 2.36. The number of carboxylic acids is 1. The predicted octanol–water partition coefficient (Wildman–Crippen LogP) is 1.48. The average Bonchev–Trinajstić information content (AvgIpc) is 2.62. The van der Waals surface area contributed by atoms with E-state index in [9.17, 15) is 4.79 Å². The molecule has 0 bridgehead atoms. The van der Waals surface area contributed by atoms with Crippen molar-refractivity contribution in [1.29, 1.82) is 0 Å². The quantitative estimate of drug-likeness (QED) is 0.818. The van der Waals surface area contributed by atoms with E-state index in [2.05, 4.69) is 5.10 Å². The van der Waals surface area contributed by atoms with Gasteiger partial charge in [-0.15, -0.1) is 0 Å². The van der Waals surface area contributed by atoms with Gasteiger partial charge in [-0.25, -0.2) is 0 Å². The van der Waals surface area contributed by atoms with Gasteiger partial charge in [-0.1, -0.05) is 6.92 Å². The van der Waals surface area contributed by atoms with Crippen LogP contribution in [0.5, 0.6) is 0 Å². The lowest BCUT2D eigenvalue weighted by Crippen LogP contribution is -2.15. The summed E-state index contributed by atoms with van der Waals surface area (Å²) in [7, 11) is 0. The number of hydrogen-bond acceptors (Lipinski definition) is 2. The third kappa shape index (κ3) is 2.03. The molecule has 2 heterocycles. The number of fused-ring (bicyclic) bond motifs is 1. The van der Waals surface area contributed by atoms with Crippen molar-refractivity contribution >= 4 is 5.97 Å². The normalized spacial score (nSPS) is 17.1. The summed E-state index contributed by atoms with van der Waals surface area (Å²) in [6.45, 7) is 2.73. The Morgan fingerprint density at radius 3 is 3.20 bits per heavy atom. The number of carbonyl (C=O) groups is 1. The van der Waals surface area contributed by atoms with Gasteiger partial charge in [-0.3, -0.25) is 9.48 Å². The molecular weight excluding hydrogens is 192 g/mol.